The van der Waals surface area contributed by atoms with Crippen LogP contribution in [0.15, 0.2) is 36.4 Å². The number of anilines is 3. The van der Waals surface area contributed by atoms with Gasteiger partial charge in [0.2, 0.25) is 0 Å². The highest BCUT2D eigenvalue weighted by molar-refractivity contribution is 5.80. The molecular formula is C31H37N3O3. The van der Waals surface area contributed by atoms with Crippen molar-refractivity contribution in [1.29, 1.82) is 0 Å². The van der Waals surface area contributed by atoms with E-state index in [1.807, 2.05) is 0 Å². The molecule has 6 heteroatoms. The van der Waals surface area contributed by atoms with Crippen molar-refractivity contribution in [2.24, 2.45) is 0 Å². The van der Waals surface area contributed by atoms with E-state index in [4.69, 9.17) is 14.2 Å². The molecule has 0 saturated carbocycles. The molecule has 194 valence electrons. The Balaban J connectivity index is 1.61. The summed E-state index contributed by atoms with van der Waals surface area (Å²) in [5.41, 5.74) is 6.68. The number of hydrogen-bond donors (Lipinski definition) is 0. The molecule has 37 heavy (non-hydrogen) atoms. The Morgan fingerprint density at radius 2 is 0.649 bits per heavy atom. The van der Waals surface area contributed by atoms with E-state index in [0.717, 1.165) is 108 Å². The van der Waals surface area contributed by atoms with Gasteiger partial charge < -0.3 is 28.9 Å². The summed E-state index contributed by atoms with van der Waals surface area (Å²) in [7, 11) is 0. The molecule has 0 aliphatic carbocycles. The van der Waals surface area contributed by atoms with Gasteiger partial charge in [-0.2, -0.15) is 0 Å². The lowest BCUT2D eigenvalue weighted by molar-refractivity contribution is 0.373. The highest BCUT2D eigenvalue weighted by atomic mass is 16.5. The van der Waals surface area contributed by atoms with Gasteiger partial charge >= 0.3 is 0 Å². The normalized spacial score (nSPS) is 13.8. The van der Waals surface area contributed by atoms with Crippen molar-refractivity contribution >= 4 is 17.1 Å². The molecule has 0 amide bonds. The van der Waals surface area contributed by atoms with Gasteiger partial charge in [0.25, 0.3) is 0 Å². The highest BCUT2D eigenvalue weighted by Gasteiger charge is 2.44. The van der Waals surface area contributed by atoms with E-state index in [-0.39, 0.29) is 5.92 Å². The van der Waals surface area contributed by atoms with Gasteiger partial charge in [0.05, 0.1) is 22.6 Å². The zero-order chi connectivity index (χ0) is 25.8. The summed E-state index contributed by atoms with van der Waals surface area (Å²) in [5, 5.41) is 0. The van der Waals surface area contributed by atoms with Crippen LogP contribution in [0.5, 0.6) is 34.5 Å². The average Bonchev–Trinajstić information content (AvgIpc) is 2.90. The van der Waals surface area contributed by atoms with Crippen LogP contribution in [0.25, 0.3) is 0 Å². The van der Waals surface area contributed by atoms with Crippen LogP contribution in [0.3, 0.4) is 0 Å². The van der Waals surface area contributed by atoms with Crippen molar-refractivity contribution in [3.63, 3.8) is 0 Å². The molecule has 0 spiro atoms. The molecule has 0 radical (unpaired) electrons. The Morgan fingerprint density at radius 1 is 0.432 bits per heavy atom. The van der Waals surface area contributed by atoms with Gasteiger partial charge in [-0.15, -0.1) is 0 Å². The molecule has 0 N–H and O–H groups in total. The van der Waals surface area contributed by atoms with Crippen LogP contribution in [-0.4, -0.2) is 39.3 Å². The van der Waals surface area contributed by atoms with Crippen LogP contribution in [0.4, 0.5) is 17.1 Å². The van der Waals surface area contributed by atoms with E-state index in [2.05, 4.69) is 92.6 Å². The standard InChI is InChI=1S/C31H37N3O3/c1-7-32(8-2)19-13-22-28-23(14-19)36-25-16-21(34(11-5)12-6)18-27-30(25)31(28)29-24(35-22)15-20(17-26(29)37-27)33(9-3)10-4/h13-18,31H,7-12H2,1-6H3. The second-order valence-electron chi connectivity index (χ2n) is 9.82. The van der Waals surface area contributed by atoms with Crippen LogP contribution in [0.2, 0.25) is 0 Å². The topological polar surface area (TPSA) is 37.4 Å². The number of ether oxygens (including phenoxy) is 3. The van der Waals surface area contributed by atoms with Gasteiger partial charge in [0.15, 0.2) is 0 Å². The van der Waals surface area contributed by atoms with Crippen LogP contribution >= 0.6 is 0 Å². The van der Waals surface area contributed by atoms with Gasteiger partial charge in [0.1, 0.15) is 34.5 Å². The predicted molar refractivity (Wildman–Crippen MR) is 151 cm³/mol. The molecule has 6 rings (SSSR count). The fourth-order valence-corrected chi connectivity index (χ4v) is 6.22. The largest absolute Gasteiger partial charge is 0.456 e. The SMILES string of the molecule is CCN(CC)c1cc2c3c(c1)Oc1cc(N(CC)CC)cc4c1C3c1c(cc(N(CC)CC)cc1O4)O2. The Hall–Kier alpha value is -3.54. The van der Waals surface area contributed by atoms with Gasteiger partial charge in [-0.25, -0.2) is 0 Å². The molecule has 3 aliphatic heterocycles. The summed E-state index contributed by atoms with van der Waals surface area (Å²) in [6.45, 7) is 18.6. The highest BCUT2D eigenvalue weighted by Crippen LogP contribution is 2.64. The first-order valence-corrected chi connectivity index (χ1v) is 13.9. The van der Waals surface area contributed by atoms with Gasteiger partial charge in [0, 0.05) is 92.7 Å². The fourth-order valence-electron chi connectivity index (χ4n) is 6.22. The van der Waals surface area contributed by atoms with Crippen molar-refractivity contribution in [1.82, 2.24) is 0 Å². The third-order valence-electron chi connectivity index (χ3n) is 8.18. The summed E-state index contributed by atoms with van der Waals surface area (Å²) in [6.07, 6.45) is 0. The summed E-state index contributed by atoms with van der Waals surface area (Å²) in [5.74, 6) is 5.31. The Morgan fingerprint density at radius 3 is 0.838 bits per heavy atom. The molecule has 6 nitrogen and oxygen atoms in total. The first kappa shape index (κ1) is 23.8. The quantitative estimate of drug-likeness (QED) is 0.203. The van der Waals surface area contributed by atoms with Crippen molar-refractivity contribution in [2.75, 3.05) is 54.0 Å². The number of hydrogen-bond acceptors (Lipinski definition) is 6. The molecule has 0 bridgehead atoms. The molecule has 0 fully saturated rings. The average molecular weight is 500 g/mol. The molecule has 3 heterocycles. The predicted octanol–water partition coefficient (Wildman–Crippen LogP) is 7.72. The molecular weight excluding hydrogens is 462 g/mol. The molecule has 3 aromatic carbocycles. The van der Waals surface area contributed by atoms with Gasteiger partial charge in [-0.1, -0.05) is 0 Å². The lowest BCUT2D eigenvalue weighted by atomic mass is 9.77. The maximum Gasteiger partial charge on any atom is 0.137 e. The van der Waals surface area contributed by atoms with Crippen LogP contribution < -0.4 is 28.9 Å². The van der Waals surface area contributed by atoms with Gasteiger partial charge in [-0.05, 0) is 41.5 Å². The van der Waals surface area contributed by atoms with Crippen molar-refractivity contribution in [3.05, 3.63) is 53.1 Å². The van der Waals surface area contributed by atoms with Crippen LogP contribution in [-0.2, 0) is 0 Å². The van der Waals surface area contributed by atoms with E-state index < -0.39 is 0 Å². The zero-order valence-corrected chi connectivity index (χ0v) is 22.9. The Bertz CT molecular complexity index is 1120. The van der Waals surface area contributed by atoms with Crippen LogP contribution in [0.1, 0.15) is 64.2 Å². The lowest BCUT2D eigenvalue weighted by Crippen LogP contribution is -2.26. The smallest absolute Gasteiger partial charge is 0.137 e. The lowest BCUT2D eigenvalue weighted by Gasteiger charge is -2.40. The maximum atomic E-state index is 6.68. The number of rotatable bonds is 9. The fraction of sp³-hybridized carbons (Fsp3) is 0.419. The monoisotopic (exact) mass is 499 g/mol. The van der Waals surface area contributed by atoms with Gasteiger partial charge in [-0.3, -0.25) is 0 Å². The van der Waals surface area contributed by atoms with Crippen molar-refractivity contribution in [2.45, 2.75) is 47.5 Å². The minimum Gasteiger partial charge on any atom is -0.456 e. The third-order valence-corrected chi connectivity index (χ3v) is 8.18. The van der Waals surface area contributed by atoms with E-state index in [1.165, 1.54) is 0 Å². The van der Waals surface area contributed by atoms with Crippen molar-refractivity contribution in [3.8, 4) is 34.5 Å². The molecule has 0 atom stereocenters. The van der Waals surface area contributed by atoms with Crippen molar-refractivity contribution < 1.29 is 14.2 Å². The summed E-state index contributed by atoms with van der Waals surface area (Å²) in [6, 6.07) is 13.1. The van der Waals surface area contributed by atoms with Crippen LogP contribution in [0, 0.1) is 0 Å². The molecule has 0 unspecified atom stereocenters. The number of benzene rings is 3. The second-order valence-corrected chi connectivity index (χ2v) is 9.82. The summed E-state index contributed by atoms with van der Waals surface area (Å²) in [4.78, 5) is 7.02. The second kappa shape index (κ2) is 9.09. The van der Waals surface area contributed by atoms with E-state index in [1.54, 1.807) is 0 Å². The summed E-state index contributed by atoms with van der Waals surface area (Å²) >= 11 is 0. The van der Waals surface area contributed by atoms with E-state index >= 15 is 0 Å². The van der Waals surface area contributed by atoms with E-state index in [0.29, 0.717) is 0 Å². The third kappa shape index (κ3) is 3.52. The minimum atomic E-state index is 0.0264. The zero-order valence-electron chi connectivity index (χ0n) is 22.9. The Labute approximate surface area is 220 Å². The first-order valence-electron chi connectivity index (χ1n) is 13.9. The first-order chi connectivity index (χ1) is 18.0. The molecule has 0 aromatic heterocycles. The summed E-state index contributed by atoms with van der Waals surface area (Å²) < 4.78 is 20.1. The maximum absolute atomic E-state index is 6.68. The Kier molecular flexibility index (Phi) is 5.85. The molecule has 0 saturated heterocycles. The molecule has 3 aromatic rings. The molecule has 3 aliphatic rings. The minimum absolute atomic E-state index is 0.0264. The van der Waals surface area contributed by atoms with E-state index in [9.17, 15) is 0 Å². The number of nitrogens with zero attached hydrogens (tertiary/aromatic N) is 3.